The maximum Gasteiger partial charge on any atom is 0.328 e. The van der Waals surface area contributed by atoms with Crippen molar-refractivity contribution in [2.75, 3.05) is 20.5 Å². The lowest BCUT2D eigenvalue weighted by atomic mass is 9.78. The van der Waals surface area contributed by atoms with Gasteiger partial charge in [-0.15, -0.1) is 0 Å². The monoisotopic (exact) mass is 516 g/mol. The first-order chi connectivity index (χ1) is 18.4. The number of aliphatic carboxylic acids is 2. The van der Waals surface area contributed by atoms with Crippen LogP contribution in [0.1, 0.15) is 53.0 Å². The Morgan fingerprint density at radius 2 is 1.68 bits per heavy atom. The van der Waals surface area contributed by atoms with Crippen LogP contribution in [-0.2, 0) is 9.59 Å². The molecule has 1 heterocycles. The molecule has 0 saturated heterocycles. The average Bonchev–Trinajstić information content (AvgIpc) is 3.52. The number of hydrogen-bond donors (Lipinski definition) is 2. The number of methoxy groups -OCH3 is 1. The van der Waals surface area contributed by atoms with Crippen molar-refractivity contribution in [3.05, 3.63) is 88.5 Å². The highest BCUT2D eigenvalue weighted by atomic mass is 16.7. The molecule has 3 aromatic rings. The molecule has 1 aliphatic carbocycles. The van der Waals surface area contributed by atoms with Gasteiger partial charge in [-0.05, 0) is 76.7 Å². The first-order valence-corrected chi connectivity index (χ1v) is 12.4. The highest BCUT2D eigenvalue weighted by molar-refractivity contribution is 5.86. The second-order valence-electron chi connectivity index (χ2n) is 9.24. The van der Waals surface area contributed by atoms with E-state index in [9.17, 15) is 19.8 Å². The van der Waals surface area contributed by atoms with Crippen LogP contribution in [0.3, 0.4) is 0 Å². The molecular formula is C30H28O8. The van der Waals surface area contributed by atoms with Gasteiger partial charge in [0.2, 0.25) is 6.79 Å². The Morgan fingerprint density at radius 3 is 2.42 bits per heavy atom. The van der Waals surface area contributed by atoms with E-state index in [0.717, 1.165) is 29.2 Å². The molecule has 3 atom stereocenters. The third kappa shape index (κ3) is 4.65. The summed E-state index contributed by atoms with van der Waals surface area (Å²) in [6.07, 6.45) is 3.35. The van der Waals surface area contributed by atoms with E-state index in [2.05, 4.69) is 0 Å². The van der Waals surface area contributed by atoms with Crippen molar-refractivity contribution >= 4 is 18.0 Å². The molecule has 0 spiro atoms. The maximum absolute atomic E-state index is 13.0. The predicted molar refractivity (Wildman–Crippen MR) is 139 cm³/mol. The normalized spacial score (nSPS) is 19.4. The Hall–Kier alpha value is -4.46. The smallest absolute Gasteiger partial charge is 0.328 e. The highest BCUT2D eigenvalue weighted by Crippen LogP contribution is 2.55. The van der Waals surface area contributed by atoms with Crippen LogP contribution >= 0.6 is 0 Å². The summed E-state index contributed by atoms with van der Waals surface area (Å²) in [6.45, 7) is 2.67. The lowest BCUT2D eigenvalue weighted by Crippen LogP contribution is -2.24. The van der Waals surface area contributed by atoms with Crippen LogP contribution in [0.5, 0.6) is 23.0 Å². The molecule has 2 N–H and O–H groups in total. The molecule has 0 fully saturated rings. The van der Waals surface area contributed by atoms with E-state index in [-0.39, 0.29) is 6.79 Å². The van der Waals surface area contributed by atoms with E-state index in [4.69, 9.17) is 18.9 Å². The summed E-state index contributed by atoms with van der Waals surface area (Å²) in [6, 6.07) is 16.5. The minimum Gasteiger partial charge on any atom is -0.497 e. The summed E-state index contributed by atoms with van der Waals surface area (Å²) in [7, 11) is 1.53. The van der Waals surface area contributed by atoms with Gasteiger partial charge >= 0.3 is 11.9 Å². The summed E-state index contributed by atoms with van der Waals surface area (Å²) in [5, 5.41) is 19.9. The van der Waals surface area contributed by atoms with Gasteiger partial charge in [-0.2, -0.15) is 0 Å². The maximum atomic E-state index is 13.0. The van der Waals surface area contributed by atoms with Gasteiger partial charge in [-0.25, -0.2) is 4.79 Å². The van der Waals surface area contributed by atoms with Gasteiger partial charge in [-0.1, -0.05) is 25.1 Å². The van der Waals surface area contributed by atoms with Crippen LogP contribution in [0, 0.1) is 5.92 Å². The van der Waals surface area contributed by atoms with Crippen molar-refractivity contribution in [3.8, 4) is 23.0 Å². The third-order valence-electron chi connectivity index (χ3n) is 6.99. The second-order valence-corrected chi connectivity index (χ2v) is 9.24. The van der Waals surface area contributed by atoms with Crippen molar-refractivity contribution in [1.82, 2.24) is 0 Å². The molecule has 0 saturated carbocycles. The average molecular weight is 517 g/mol. The first-order valence-electron chi connectivity index (χ1n) is 12.4. The molecule has 0 radical (unpaired) electrons. The van der Waals surface area contributed by atoms with E-state index in [1.165, 1.54) is 13.2 Å². The second kappa shape index (κ2) is 10.5. The van der Waals surface area contributed by atoms with E-state index in [1.807, 2.05) is 43.3 Å². The van der Waals surface area contributed by atoms with Crippen molar-refractivity contribution in [2.45, 2.75) is 25.2 Å². The van der Waals surface area contributed by atoms with Gasteiger partial charge < -0.3 is 29.2 Å². The van der Waals surface area contributed by atoms with Crippen molar-refractivity contribution < 1.29 is 38.7 Å². The van der Waals surface area contributed by atoms with Gasteiger partial charge in [-0.3, -0.25) is 4.79 Å². The Kier molecular flexibility index (Phi) is 6.96. The van der Waals surface area contributed by atoms with Crippen LogP contribution in [0.15, 0.2) is 60.7 Å². The largest absolute Gasteiger partial charge is 0.497 e. The highest BCUT2D eigenvalue weighted by Gasteiger charge is 2.47. The fourth-order valence-corrected chi connectivity index (χ4v) is 5.40. The van der Waals surface area contributed by atoms with Gasteiger partial charge in [0.1, 0.15) is 11.5 Å². The Morgan fingerprint density at radius 1 is 0.921 bits per heavy atom. The Balaban J connectivity index is 1.72. The zero-order chi connectivity index (χ0) is 26.8. The van der Waals surface area contributed by atoms with E-state index >= 15 is 0 Å². The fraction of sp³-hybridized carbons (Fsp3) is 0.267. The number of benzene rings is 3. The third-order valence-corrected chi connectivity index (χ3v) is 6.99. The van der Waals surface area contributed by atoms with Gasteiger partial charge in [0.15, 0.2) is 11.5 Å². The van der Waals surface area contributed by atoms with Crippen LogP contribution in [-0.4, -0.2) is 42.7 Å². The van der Waals surface area contributed by atoms with Crippen molar-refractivity contribution in [1.29, 1.82) is 0 Å². The van der Waals surface area contributed by atoms with Crippen LogP contribution in [0.25, 0.3) is 6.08 Å². The number of fused-ring (bicyclic) bond motifs is 2. The molecule has 3 unspecified atom stereocenters. The van der Waals surface area contributed by atoms with E-state index in [0.29, 0.717) is 40.7 Å². The molecule has 8 heteroatoms. The SMILES string of the molecule is CCCOc1ccc2c(c1)C(c1ccc(OC)cc1/C=C/C(=O)O)C(C(=O)O)C2c1ccc2c(c1)OCO2. The molecule has 0 aromatic heterocycles. The van der Waals surface area contributed by atoms with E-state index in [1.54, 1.807) is 18.2 Å². The fourth-order valence-electron chi connectivity index (χ4n) is 5.40. The molecule has 8 nitrogen and oxygen atoms in total. The van der Waals surface area contributed by atoms with Crippen molar-refractivity contribution in [2.24, 2.45) is 5.92 Å². The van der Waals surface area contributed by atoms with Crippen LogP contribution < -0.4 is 18.9 Å². The zero-order valence-corrected chi connectivity index (χ0v) is 21.0. The zero-order valence-electron chi connectivity index (χ0n) is 21.0. The topological polar surface area (TPSA) is 112 Å². The van der Waals surface area contributed by atoms with E-state index < -0.39 is 29.7 Å². The lowest BCUT2D eigenvalue weighted by Gasteiger charge is -2.24. The molecule has 0 amide bonds. The minimum absolute atomic E-state index is 0.119. The summed E-state index contributed by atoms with van der Waals surface area (Å²) >= 11 is 0. The minimum atomic E-state index is -1.10. The van der Waals surface area contributed by atoms with Gasteiger partial charge in [0.25, 0.3) is 0 Å². The molecular weight excluding hydrogens is 488 g/mol. The number of carboxylic acid groups (broad SMARTS) is 2. The summed E-state index contributed by atoms with van der Waals surface area (Å²) < 4.78 is 22.3. The Bertz CT molecular complexity index is 1410. The molecule has 5 rings (SSSR count). The molecule has 38 heavy (non-hydrogen) atoms. The number of carbonyl (C=O) groups is 2. The summed E-state index contributed by atoms with van der Waals surface area (Å²) in [4.78, 5) is 24.4. The molecule has 0 bridgehead atoms. The molecule has 2 aliphatic rings. The number of rotatable bonds is 9. The van der Waals surface area contributed by atoms with Crippen LogP contribution in [0.2, 0.25) is 0 Å². The van der Waals surface area contributed by atoms with Crippen molar-refractivity contribution in [3.63, 3.8) is 0 Å². The number of ether oxygens (including phenoxy) is 4. The lowest BCUT2D eigenvalue weighted by molar-refractivity contribution is -0.142. The van der Waals surface area contributed by atoms with Gasteiger partial charge in [0, 0.05) is 17.9 Å². The molecule has 1 aliphatic heterocycles. The number of carboxylic acids is 2. The standard InChI is InChI=1S/C30H28O8/c1-3-12-36-20-7-9-22-23(15-20)28(21-8-6-19(35-2)13-17(21)5-11-26(31)32)29(30(33)34)27(22)18-4-10-24-25(14-18)38-16-37-24/h4-11,13-15,27-29H,3,12,16H2,1-2H3,(H,31,32)(H,33,34)/b11-5+. The quantitative estimate of drug-likeness (QED) is 0.369. The number of hydrogen-bond acceptors (Lipinski definition) is 6. The first kappa shape index (κ1) is 25.2. The molecule has 196 valence electrons. The Labute approximate surface area is 220 Å². The predicted octanol–water partition coefficient (Wildman–Crippen LogP) is 5.29. The van der Waals surface area contributed by atoms with Gasteiger partial charge in [0.05, 0.1) is 19.6 Å². The van der Waals surface area contributed by atoms with Crippen LogP contribution in [0.4, 0.5) is 0 Å². The molecule has 3 aromatic carbocycles. The summed E-state index contributed by atoms with van der Waals surface area (Å²) in [5.41, 5.74) is 3.75. The summed E-state index contributed by atoms with van der Waals surface area (Å²) in [5.74, 6) is -1.62.